The molecule has 5 N–H and O–H groups in total. The van der Waals surface area contributed by atoms with Gasteiger partial charge in [0.25, 0.3) is 0 Å². The molecule has 0 aromatic carbocycles. The van der Waals surface area contributed by atoms with Gasteiger partial charge in [-0.3, -0.25) is 27.5 Å². The van der Waals surface area contributed by atoms with Gasteiger partial charge in [-0.05, 0) is 6.92 Å². The maximum Gasteiger partial charge on any atom is 0.492 e. The first kappa shape index (κ1) is 28.8. The minimum absolute atomic E-state index is 0.0566. The Bertz CT molecular complexity index is 1270. The number of carbonyl (C=O) groups excluding carboxylic acids is 1. The molecule has 0 amide bonds. The molecule has 202 valence electrons. The Labute approximate surface area is 204 Å². The van der Waals surface area contributed by atoms with Crippen LogP contribution in [0.3, 0.4) is 0 Å². The van der Waals surface area contributed by atoms with Gasteiger partial charge in [-0.2, -0.15) is 18.6 Å². The van der Waals surface area contributed by atoms with Crippen molar-refractivity contribution in [1.82, 2.24) is 19.5 Å². The topological polar surface area (TPSA) is 249 Å². The van der Waals surface area contributed by atoms with Gasteiger partial charge < -0.3 is 21.1 Å². The van der Waals surface area contributed by atoms with Gasteiger partial charge in [0.2, 0.25) is 5.95 Å². The standard InChI is InChI=1S/C15H25N6O12P3/c1-8(22)9-5-11(21-7-18-12-13(16)19-15(17)20-14(12)21)31-10(9)6-30-35(25,28-3)33-36(26,29-4)32-34(23,24)27-2/h7,9-11H,5-6H2,1-4H3,(H,23,24)(H4,16,17,19,20). The number of hydrogen-bond donors (Lipinski definition) is 3. The summed E-state index contributed by atoms with van der Waals surface area (Å²) >= 11 is 0. The first-order valence-electron chi connectivity index (χ1n) is 9.94. The lowest BCUT2D eigenvalue weighted by Crippen LogP contribution is -2.27. The van der Waals surface area contributed by atoms with Crippen LogP contribution in [0.5, 0.6) is 0 Å². The first-order valence-corrected chi connectivity index (χ1v) is 14.4. The van der Waals surface area contributed by atoms with Crippen molar-refractivity contribution in [2.24, 2.45) is 5.92 Å². The van der Waals surface area contributed by atoms with E-state index >= 15 is 0 Å². The fourth-order valence-electron chi connectivity index (χ4n) is 3.29. The predicted molar refractivity (Wildman–Crippen MR) is 121 cm³/mol. The summed E-state index contributed by atoms with van der Waals surface area (Å²) in [7, 11) is -12.1. The third kappa shape index (κ3) is 6.36. The molecule has 0 saturated carbocycles. The molecule has 1 saturated heterocycles. The molecule has 21 heteroatoms. The number of imidazole rings is 1. The van der Waals surface area contributed by atoms with Crippen LogP contribution in [0.25, 0.3) is 11.2 Å². The number of hydrogen-bond acceptors (Lipinski definition) is 16. The van der Waals surface area contributed by atoms with Crippen molar-refractivity contribution in [3.63, 3.8) is 0 Å². The zero-order valence-electron chi connectivity index (χ0n) is 19.4. The molecule has 18 nitrogen and oxygen atoms in total. The Balaban J connectivity index is 1.78. The minimum atomic E-state index is -4.97. The average molecular weight is 574 g/mol. The van der Waals surface area contributed by atoms with Gasteiger partial charge in [0.05, 0.1) is 25.0 Å². The molecule has 6 atom stereocenters. The summed E-state index contributed by atoms with van der Waals surface area (Å²) in [6.45, 7) is 0.777. The number of phosphoric ester groups is 2. The molecule has 0 spiro atoms. The molecule has 2 aromatic heterocycles. The third-order valence-electron chi connectivity index (χ3n) is 5.01. The molecule has 1 aliphatic heterocycles. The molecule has 2 aromatic rings. The van der Waals surface area contributed by atoms with E-state index in [4.69, 9.17) is 25.0 Å². The Hall–Kier alpha value is -1.81. The highest BCUT2D eigenvalue weighted by Gasteiger charge is 2.47. The number of rotatable bonds is 12. The molecule has 3 heterocycles. The molecule has 1 fully saturated rings. The molecule has 0 bridgehead atoms. The maximum atomic E-state index is 12.9. The summed E-state index contributed by atoms with van der Waals surface area (Å²) < 4.78 is 72.0. The number of Topliss-reactive ketones (excluding diaryl/α,β-unsaturated/α-hetero) is 1. The largest absolute Gasteiger partial charge is 0.492 e. The quantitative estimate of drug-likeness (QED) is 0.305. The van der Waals surface area contributed by atoms with Gasteiger partial charge in [-0.15, -0.1) is 0 Å². The lowest BCUT2D eigenvalue weighted by molar-refractivity contribution is -0.123. The normalized spacial score (nSPS) is 25.3. The molecule has 0 aliphatic carbocycles. The van der Waals surface area contributed by atoms with Crippen LogP contribution in [0.2, 0.25) is 0 Å². The maximum absolute atomic E-state index is 12.9. The van der Waals surface area contributed by atoms with E-state index in [0.29, 0.717) is 0 Å². The van der Waals surface area contributed by atoms with Crippen molar-refractivity contribution in [3.8, 4) is 0 Å². The van der Waals surface area contributed by atoms with E-state index in [-0.39, 0.29) is 35.1 Å². The monoisotopic (exact) mass is 574 g/mol. The van der Waals surface area contributed by atoms with E-state index in [0.717, 1.165) is 21.3 Å². The summed E-state index contributed by atoms with van der Waals surface area (Å²) in [4.78, 5) is 33.8. The summed E-state index contributed by atoms with van der Waals surface area (Å²) in [5.41, 5.74) is 12.0. The van der Waals surface area contributed by atoms with Crippen LogP contribution in [-0.2, 0) is 49.9 Å². The molecular weight excluding hydrogens is 549 g/mol. The fraction of sp³-hybridized carbons (Fsp3) is 0.600. The number of fused-ring (bicyclic) bond motifs is 1. The average Bonchev–Trinajstić information content (AvgIpc) is 3.41. The van der Waals surface area contributed by atoms with E-state index in [1.54, 1.807) is 0 Å². The van der Waals surface area contributed by atoms with E-state index < -0.39 is 48.3 Å². The molecule has 0 radical (unpaired) electrons. The smallest absolute Gasteiger partial charge is 0.382 e. The minimum Gasteiger partial charge on any atom is -0.382 e. The highest BCUT2D eigenvalue weighted by molar-refractivity contribution is 7.67. The number of nitrogen functional groups attached to an aromatic ring is 2. The summed E-state index contributed by atoms with van der Waals surface area (Å²) in [5, 5.41) is 0. The van der Waals surface area contributed by atoms with Crippen LogP contribution >= 0.6 is 23.5 Å². The van der Waals surface area contributed by atoms with Crippen LogP contribution in [0.4, 0.5) is 11.8 Å². The van der Waals surface area contributed by atoms with E-state index in [1.165, 1.54) is 17.8 Å². The lowest BCUT2D eigenvalue weighted by atomic mass is 9.97. The Kier molecular flexibility index (Phi) is 8.70. The zero-order chi connectivity index (χ0) is 26.9. The third-order valence-corrected chi connectivity index (χ3v) is 10.1. The molecule has 1 aliphatic rings. The molecule has 36 heavy (non-hydrogen) atoms. The van der Waals surface area contributed by atoms with Gasteiger partial charge in [-0.1, -0.05) is 0 Å². The molecule has 3 rings (SSSR count). The van der Waals surface area contributed by atoms with Gasteiger partial charge >= 0.3 is 23.5 Å². The van der Waals surface area contributed by atoms with Crippen molar-refractivity contribution < 1.29 is 54.8 Å². The van der Waals surface area contributed by atoms with Crippen LogP contribution < -0.4 is 11.5 Å². The second-order valence-electron chi connectivity index (χ2n) is 7.24. The molecular formula is C15H25N6O12P3. The van der Waals surface area contributed by atoms with Crippen molar-refractivity contribution in [3.05, 3.63) is 6.33 Å². The number of nitrogens with two attached hydrogens (primary N) is 2. The summed E-state index contributed by atoms with van der Waals surface area (Å²) in [6.07, 6.45) is -0.222. The number of nitrogens with zero attached hydrogens (tertiary/aromatic N) is 4. The lowest BCUT2D eigenvalue weighted by Gasteiger charge is -2.23. The van der Waals surface area contributed by atoms with Crippen molar-refractivity contribution >= 4 is 52.2 Å². The van der Waals surface area contributed by atoms with Gasteiger partial charge in [0.15, 0.2) is 11.5 Å². The highest BCUT2D eigenvalue weighted by Crippen LogP contribution is 2.71. The molecule has 6 unspecified atom stereocenters. The van der Waals surface area contributed by atoms with Crippen molar-refractivity contribution in [2.45, 2.75) is 25.7 Å². The summed E-state index contributed by atoms with van der Waals surface area (Å²) in [5.74, 6) is -1.05. The first-order chi connectivity index (χ1) is 16.7. The van der Waals surface area contributed by atoms with Crippen LogP contribution in [0.15, 0.2) is 6.33 Å². The number of ether oxygens (including phenoxy) is 1. The second-order valence-corrected chi connectivity index (χ2v) is 12.6. The van der Waals surface area contributed by atoms with Gasteiger partial charge in [0.1, 0.15) is 17.5 Å². The number of aromatic nitrogens is 4. The second kappa shape index (κ2) is 10.9. The fourth-order valence-corrected chi connectivity index (χ4v) is 7.36. The van der Waals surface area contributed by atoms with E-state index in [2.05, 4.69) is 32.8 Å². The van der Waals surface area contributed by atoms with E-state index in [9.17, 15) is 23.4 Å². The number of carbonyl (C=O) groups is 1. The van der Waals surface area contributed by atoms with Gasteiger partial charge in [0, 0.05) is 27.8 Å². The van der Waals surface area contributed by atoms with Crippen LogP contribution in [-0.4, -0.2) is 64.2 Å². The van der Waals surface area contributed by atoms with Gasteiger partial charge in [-0.25, -0.2) is 18.7 Å². The number of anilines is 2. The Morgan fingerprint density at radius 2 is 1.81 bits per heavy atom. The Morgan fingerprint density at radius 1 is 1.14 bits per heavy atom. The summed E-state index contributed by atoms with van der Waals surface area (Å²) in [6, 6.07) is 0. The highest BCUT2D eigenvalue weighted by atomic mass is 31.3. The van der Waals surface area contributed by atoms with Crippen LogP contribution in [0, 0.1) is 5.92 Å². The zero-order valence-corrected chi connectivity index (χ0v) is 22.1. The van der Waals surface area contributed by atoms with Crippen molar-refractivity contribution in [2.75, 3.05) is 39.4 Å². The SMILES string of the molecule is COP(=O)(O)OP(=O)(OC)OP(=O)(OC)OCC1OC(n2cnc3c(N)nc(N)nc32)CC1C(C)=O. The Morgan fingerprint density at radius 3 is 2.39 bits per heavy atom. The van der Waals surface area contributed by atoms with Crippen molar-refractivity contribution in [1.29, 1.82) is 0 Å². The number of ketones is 1. The number of phosphoric acid groups is 3. The van der Waals surface area contributed by atoms with E-state index in [1.807, 2.05) is 0 Å². The predicted octanol–water partition coefficient (Wildman–Crippen LogP) is 1.79. The van der Waals surface area contributed by atoms with Crippen LogP contribution in [0.1, 0.15) is 19.6 Å².